The molecule has 0 unspecified atom stereocenters. The Bertz CT molecular complexity index is 1150. The summed E-state index contributed by atoms with van der Waals surface area (Å²) in [5, 5.41) is 0.646. The number of hydrogen-bond acceptors (Lipinski definition) is 3. The summed E-state index contributed by atoms with van der Waals surface area (Å²) < 4.78 is 12.2. The molecule has 0 spiro atoms. The third-order valence-corrected chi connectivity index (χ3v) is 13.5. The van der Waals surface area contributed by atoms with Gasteiger partial charge in [-0.2, -0.15) is 0 Å². The number of carbonyl (C=O) groups is 1. The van der Waals surface area contributed by atoms with Gasteiger partial charge in [0, 0.05) is 11.4 Å². The Hall–Kier alpha value is -1.48. The lowest BCUT2D eigenvalue weighted by atomic mass is 9.47. The maximum absolute atomic E-state index is 13.3. The summed E-state index contributed by atoms with van der Waals surface area (Å²) in [6.45, 7) is 18.6. The molecule has 3 fully saturated rings. The van der Waals surface area contributed by atoms with Crippen LogP contribution in [0.4, 0.5) is 0 Å². The molecule has 4 aliphatic rings. The standard InChI is InChI=1S/C39H59ClO3/c1-9-27(25(2)3)11-10-26(4)33-18-19-34-32-17-12-28-24-31(20-22-38(28,7)35(32)21-23-39(33,34)8)42-36(41)37(5,6)43-30-15-13-29(40)14-16-30/h12-16,25-27,31-35H,9-11,17-24H2,1-8H3/t26-,27-,31+,32-,33+,34-,35-,38-,39-/m1/s1. The molecule has 0 bridgehead atoms. The number of ether oxygens (including phenoxy) is 2. The molecule has 3 saturated carbocycles. The highest BCUT2D eigenvalue weighted by molar-refractivity contribution is 6.30. The summed E-state index contributed by atoms with van der Waals surface area (Å²) in [6.07, 6.45) is 16.4. The largest absolute Gasteiger partial charge is 0.476 e. The molecular formula is C39H59ClO3. The molecule has 5 rings (SSSR count). The fourth-order valence-corrected chi connectivity index (χ4v) is 10.6. The highest BCUT2D eigenvalue weighted by Crippen LogP contribution is 2.67. The van der Waals surface area contributed by atoms with Gasteiger partial charge in [0.05, 0.1) is 0 Å². The molecule has 0 amide bonds. The summed E-state index contributed by atoms with van der Waals surface area (Å²) in [4.78, 5) is 13.3. The van der Waals surface area contributed by atoms with Crippen molar-refractivity contribution in [3.8, 4) is 5.75 Å². The minimum absolute atomic E-state index is 0.0696. The molecule has 4 aliphatic carbocycles. The van der Waals surface area contributed by atoms with E-state index in [1.807, 2.05) is 0 Å². The number of fused-ring (bicyclic) bond motifs is 5. The van der Waals surface area contributed by atoms with Crippen LogP contribution in [0, 0.1) is 52.3 Å². The van der Waals surface area contributed by atoms with Crippen LogP contribution in [0.1, 0.15) is 126 Å². The van der Waals surface area contributed by atoms with Crippen molar-refractivity contribution in [3.05, 3.63) is 40.9 Å². The lowest BCUT2D eigenvalue weighted by Crippen LogP contribution is -2.51. The number of benzene rings is 1. The van der Waals surface area contributed by atoms with E-state index < -0.39 is 5.60 Å². The molecule has 240 valence electrons. The highest BCUT2D eigenvalue weighted by Gasteiger charge is 2.59. The van der Waals surface area contributed by atoms with Crippen LogP contribution in [0.2, 0.25) is 5.02 Å². The van der Waals surface area contributed by atoms with E-state index in [0.717, 1.165) is 60.7 Å². The number of esters is 1. The van der Waals surface area contributed by atoms with Crippen LogP contribution in [0.3, 0.4) is 0 Å². The van der Waals surface area contributed by atoms with Crippen LogP contribution in [0.5, 0.6) is 5.75 Å². The van der Waals surface area contributed by atoms with Crippen molar-refractivity contribution < 1.29 is 14.3 Å². The summed E-state index contributed by atoms with van der Waals surface area (Å²) in [7, 11) is 0. The van der Waals surface area contributed by atoms with Crippen LogP contribution >= 0.6 is 11.6 Å². The van der Waals surface area contributed by atoms with Gasteiger partial charge in [0.15, 0.2) is 5.60 Å². The van der Waals surface area contributed by atoms with Crippen molar-refractivity contribution in [2.45, 2.75) is 138 Å². The predicted octanol–water partition coefficient (Wildman–Crippen LogP) is 11.1. The second-order valence-electron chi connectivity index (χ2n) is 16.3. The van der Waals surface area contributed by atoms with Gasteiger partial charge in [-0.05, 0) is 142 Å². The average Bonchev–Trinajstić information content (AvgIpc) is 3.31. The first kappa shape index (κ1) is 32.9. The monoisotopic (exact) mass is 610 g/mol. The fourth-order valence-electron chi connectivity index (χ4n) is 10.5. The van der Waals surface area contributed by atoms with Gasteiger partial charge < -0.3 is 9.47 Å². The number of allylic oxidation sites excluding steroid dienone is 1. The number of rotatable bonds is 10. The molecule has 9 atom stereocenters. The first-order chi connectivity index (χ1) is 20.3. The van der Waals surface area contributed by atoms with E-state index >= 15 is 0 Å². The van der Waals surface area contributed by atoms with Gasteiger partial charge in [0.1, 0.15) is 11.9 Å². The molecule has 0 radical (unpaired) electrons. The van der Waals surface area contributed by atoms with Gasteiger partial charge in [-0.15, -0.1) is 0 Å². The molecule has 0 heterocycles. The molecular weight excluding hydrogens is 552 g/mol. The Morgan fingerprint density at radius 1 is 1.00 bits per heavy atom. The third kappa shape index (κ3) is 6.45. The molecule has 43 heavy (non-hydrogen) atoms. The van der Waals surface area contributed by atoms with Crippen molar-refractivity contribution in [2.24, 2.45) is 52.3 Å². The van der Waals surface area contributed by atoms with E-state index in [1.165, 1.54) is 51.4 Å². The number of carbonyl (C=O) groups excluding carboxylic acids is 1. The van der Waals surface area contributed by atoms with Gasteiger partial charge in [-0.1, -0.05) is 77.6 Å². The molecule has 1 aromatic carbocycles. The zero-order valence-electron chi connectivity index (χ0n) is 28.4. The summed E-state index contributed by atoms with van der Waals surface area (Å²) in [5.74, 6) is 6.18. The predicted molar refractivity (Wildman–Crippen MR) is 178 cm³/mol. The van der Waals surface area contributed by atoms with E-state index in [2.05, 4.69) is 47.6 Å². The second-order valence-corrected chi connectivity index (χ2v) is 16.7. The lowest BCUT2D eigenvalue weighted by molar-refractivity contribution is -0.167. The van der Waals surface area contributed by atoms with Crippen LogP contribution in [0.25, 0.3) is 0 Å². The maximum Gasteiger partial charge on any atom is 0.350 e. The van der Waals surface area contributed by atoms with Crippen molar-refractivity contribution in [1.29, 1.82) is 0 Å². The quantitative estimate of drug-likeness (QED) is 0.195. The van der Waals surface area contributed by atoms with Gasteiger partial charge in [0.25, 0.3) is 0 Å². The first-order valence-electron chi connectivity index (χ1n) is 17.6. The van der Waals surface area contributed by atoms with E-state index in [-0.39, 0.29) is 17.5 Å². The Kier molecular flexibility index (Phi) is 9.74. The molecule has 4 heteroatoms. The van der Waals surface area contributed by atoms with Crippen molar-refractivity contribution in [3.63, 3.8) is 0 Å². The Morgan fingerprint density at radius 3 is 2.40 bits per heavy atom. The van der Waals surface area contributed by atoms with Crippen molar-refractivity contribution >= 4 is 17.6 Å². The molecule has 3 nitrogen and oxygen atoms in total. The lowest BCUT2D eigenvalue weighted by Gasteiger charge is -2.58. The fraction of sp³-hybridized carbons (Fsp3) is 0.769. The minimum atomic E-state index is -1.06. The molecule has 0 aromatic heterocycles. The van der Waals surface area contributed by atoms with Crippen LogP contribution < -0.4 is 4.74 Å². The molecule has 1 aromatic rings. The summed E-state index contributed by atoms with van der Waals surface area (Å²) in [6, 6.07) is 7.14. The molecule has 0 saturated heterocycles. The molecule has 0 aliphatic heterocycles. The van der Waals surface area contributed by atoms with Gasteiger partial charge in [0.2, 0.25) is 0 Å². The van der Waals surface area contributed by atoms with Gasteiger partial charge >= 0.3 is 5.97 Å². The maximum atomic E-state index is 13.3. The van der Waals surface area contributed by atoms with Crippen LogP contribution in [-0.2, 0) is 9.53 Å². The topological polar surface area (TPSA) is 35.5 Å². The number of hydrogen-bond donors (Lipinski definition) is 0. The number of halogens is 1. The SMILES string of the molecule is CC[C@H](CC[C@@H](C)[C@@H]1CC[C@@H]2[C@H]3CC=C4C[C@@H](OC(=O)C(C)(C)Oc5ccc(Cl)cc5)CC[C@@]4(C)[C@@H]3CC[C@@]21C)C(C)C. The highest BCUT2D eigenvalue weighted by atomic mass is 35.5. The minimum Gasteiger partial charge on any atom is -0.476 e. The Labute approximate surface area is 267 Å². The summed E-state index contributed by atoms with van der Waals surface area (Å²) >= 11 is 6.02. The smallest absolute Gasteiger partial charge is 0.350 e. The Morgan fingerprint density at radius 2 is 1.72 bits per heavy atom. The van der Waals surface area contributed by atoms with Crippen LogP contribution in [0.15, 0.2) is 35.9 Å². The Balaban J connectivity index is 1.22. The van der Waals surface area contributed by atoms with Crippen LogP contribution in [-0.4, -0.2) is 17.7 Å². The second kappa shape index (κ2) is 12.7. The average molecular weight is 611 g/mol. The van der Waals surface area contributed by atoms with Gasteiger partial charge in [-0.25, -0.2) is 4.79 Å². The zero-order chi connectivity index (χ0) is 31.2. The summed E-state index contributed by atoms with van der Waals surface area (Å²) in [5.41, 5.74) is 1.25. The first-order valence-corrected chi connectivity index (χ1v) is 18.0. The third-order valence-electron chi connectivity index (χ3n) is 13.2. The van der Waals surface area contributed by atoms with Crippen molar-refractivity contribution in [2.75, 3.05) is 0 Å². The van der Waals surface area contributed by atoms with E-state index in [0.29, 0.717) is 16.2 Å². The van der Waals surface area contributed by atoms with E-state index in [1.54, 1.807) is 43.7 Å². The van der Waals surface area contributed by atoms with E-state index in [4.69, 9.17) is 21.1 Å². The zero-order valence-corrected chi connectivity index (χ0v) is 29.1. The normalized spacial score (nSPS) is 35.3. The molecule has 0 N–H and O–H groups in total. The van der Waals surface area contributed by atoms with Crippen molar-refractivity contribution in [1.82, 2.24) is 0 Å². The van der Waals surface area contributed by atoms with E-state index in [9.17, 15) is 4.79 Å². The van der Waals surface area contributed by atoms with Gasteiger partial charge in [-0.3, -0.25) is 0 Å².